The number of hydrogen-bond acceptors (Lipinski definition) is 6. The molecule has 0 aromatic carbocycles. The Hall–Kier alpha value is -2.20. The Labute approximate surface area is 151 Å². The number of aromatic nitrogens is 2. The lowest BCUT2D eigenvalue weighted by Crippen LogP contribution is -2.51. The first kappa shape index (κ1) is 17.6. The number of carbonyl (C=O) groups excluding carboxylic acids is 1. The van der Waals surface area contributed by atoms with Crippen molar-refractivity contribution < 1.29 is 9.21 Å². The first-order chi connectivity index (χ1) is 12.1. The van der Waals surface area contributed by atoms with E-state index in [-0.39, 0.29) is 18.2 Å². The Morgan fingerprint density at radius 1 is 1.44 bits per heavy atom. The molecule has 1 atom stereocenters. The van der Waals surface area contributed by atoms with Crippen molar-refractivity contribution in [3.8, 4) is 17.5 Å². The van der Waals surface area contributed by atoms with Crippen LogP contribution in [-0.4, -0.2) is 21.6 Å². The molecule has 7 heteroatoms. The van der Waals surface area contributed by atoms with Gasteiger partial charge in [0.05, 0.1) is 6.07 Å². The topological polar surface area (TPSA) is 91.8 Å². The summed E-state index contributed by atoms with van der Waals surface area (Å²) in [5.74, 6) is 0.988. The molecule has 0 unspecified atom stereocenters. The summed E-state index contributed by atoms with van der Waals surface area (Å²) in [6, 6.07) is 4.23. The van der Waals surface area contributed by atoms with Crippen LogP contribution in [0.2, 0.25) is 0 Å². The summed E-state index contributed by atoms with van der Waals surface area (Å²) in [6.07, 6.45) is 6.08. The van der Waals surface area contributed by atoms with Gasteiger partial charge in [-0.2, -0.15) is 16.6 Å². The van der Waals surface area contributed by atoms with Gasteiger partial charge in [-0.25, -0.2) is 0 Å². The molecule has 1 amide bonds. The molecule has 132 valence electrons. The van der Waals surface area contributed by atoms with Gasteiger partial charge in [0.25, 0.3) is 0 Å². The fourth-order valence-electron chi connectivity index (χ4n) is 3.33. The van der Waals surface area contributed by atoms with E-state index in [0.717, 1.165) is 31.2 Å². The van der Waals surface area contributed by atoms with Crippen molar-refractivity contribution in [2.45, 2.75) is 57.4 Å². The zero-order chi connectivity index (χ0) is 17.7. The van der Waals surface area contributed by atoms with Gasteiger partial charge < -0.3 is 9.73 Å². The predicted octanol–water partition coefficient (Wildman–Crippen LogP) is 3.71. The van der Waals surface area contributed by atoms with Gasteiger partial charge in [0.1, 0.15) is 5.54 Å². The number of thiophene rings is 1. The van der Waals surface area contributed by atoms with E-state index < -0.39 is 5.54 Å². The molecule has 3 rings (SSSR count). The van der Waals surface area contributed by atoms with Crippen LogP contribution in [-0.2, 0) is 11.2 Å². The van der Waals surface area contributed by atoms with E-state index in [0.29, 0.717) is 18.2 Å². The van der Waals surface area contributed by atoms with Crippen molar-refractivity contribution in [2.75, 3.05) is 0 Å². The predicted molar refractivity (Wildman–Crippen MR) is 94.7 cm³/mol. The zero-order valence-electron chi connectivity index (χ0n) is 14.3. The van der Waals surface area contributed by atoms with Crippen molar-refractivity contribution in [1.29, 1.82) is 5.26 Å². The van der Waals surface area contributed by atoms with Crippen molar-refractivity contribution in [2.24, 2.45) is 5.92 Å². The summed E-state index contributed by atoms with van der Waals surface area (Å²) in [5, 5.41) is 24.4. The van der Waals surface area contributed by atoms with Gasteiger partial charge in [-0.15, -0.1) is 10.2 Å². The Balaban J connectivity index is 1.54. The van der Waals surface area contributed by atoms with Crippen LogP contribution in [0.25, 0.3) is 11.5 Å². The second kappa shape index (κ2) is 7.79. The lowest BCUT2D eigenvalue weighted by molar-refractivity contribution is -0.123. The Morgan fingerprint density at radius 3 is 2.92 bits per heavy atom. The minimum absolute atomic E-state index is 0.148. The molecule has 6 nitrogen and oxygen atoms in total. The highest BCUT2D eigenvalue weighted by molar-refractivity contribution is 7.08. The molecule has 1 saturated carbocycles. The van der Waals surface area contributed by atoms with E-state index >= 15 is 0 Å². The van der Waals surface area contributed by atoms with Crippen molar-refractivity contribution >= 4 is 17.2 Å². The molecule has 2 aromatic rings. The van der Waals surface area contributed by atoms with E-state index in [2.05, 4.69) is 21.6 Å². The quantitative estimate of drug-likeness (QED) is 0.850. The molecule has 1 aliphatic rings. The molecule has 1 fully saturated rings. The van der Waals surface area contributed by atoms with Gasteiger partial charge in [-0.3, -0.25) is 4.79 Å². The van der Waals surface area contributed by atoms with Gasteiger partial charge in [0.2, 0.25) is 17.7 Å². The number of rotatable bonds is 6. The monoisotopic (exact) mass is 358 g/mol. The Kier molecular flexibility index (Phi) is 5.49. The maximum atomic E-state index is 12.3. The van der Waals surface area contributed by atoms with Crippen LogP contribution in [0.4, 0.5) is 0 Å². The van der Waals surface area contributed by atoms with Crippen LogP contribution in [0.3, 0.4) is 0 Å². The van der Waals surface area contributed by atoms with Crippen molar-refractivity contribution in [3.63, 3.8) is 0 Å². The molecule has 0 aliphatic heterocycles. The number of hydrogen-bond donors (Lipinski definition) is 1. The second-order valence-corrected chi connectivity index (χ2v) is 7.49. The summed E-state index contributed by atoms with van der Waals surface area (Å²) >= 11 is 1.56. The zero-order valence-corrected chi connectivity index (χ0v) is 15.1. The maximum Gasteiger partial charge on any atom is 0.248 e. The molecule has 0 radical (unpaired) electrons. The average Bonchev–Trinajstić information content (AvgIpc) is 3.32. The standard InChI is InChI=1S/C18H22N4O2S/c1-18(12-19,14-5-3-2-4-6-14)20-15(23)7-8-16-21-22-17(24-16)13-9-10-25-11-13/h9-11,14H,2-8H2,1H3,(H,20,23)/t18-/m1/s1. The largest absolute Gasteiger partial charge is 0.421 e. The lowest BCUT2D eigenvalue weighted by Gasteiger charge is -2.35. The molecule has 1 N–H and O–H groups in total. The SMILES string of the molecule is C[C@](C#N)(NC(=O)CCc1nnc(-c2ccsc2)o1)C1CCCCC1. The first-order valence-corrected chi connectivity index (χ1v) is 9.62. The Bertz CT molecular complexity index is 743. The molecular weight excluding hydrogens is 336 g/mol. The lowest BCUT2D eigenvalue weighted by atomic mass is 9.76. The number of amides is 1. The van der Waals surface area contributed by atoms with Crippen molar-refractivity contribution in [3.05, 3.63) is 22.7 Å². The molecule has 0 spiro atoms. The normalized spacial score (nSPS) is 17.6. The van der Waals surface area contributed by atoms with E-state index in [1.807, 2.05) is 23.8 Å². The van der Waals surface area contributed by atoms with E-state index in [4.69, 9.17) is 4.42 Å². The van der Waals surface area contributed by atoms with Gasteiger partial charge in [0.15, 0.2) is 0 Å². The third-order valence-electron chi connectivity index (χ3n) is 4.85. The fourth-order valence-corrected chi connectivity index (χ4v) is 3.96. The number of nitriles is 1. The fraction of sp³-hybridized carbons (Fsp3) is 0.556. The molecule has 25 heavy (non-hydrogen) atoms. The van der Waals surface area contributed by atoms with Crippen LogP contribution in [0.15, 0.2) is 21.2 Å². The summed E-state index contributed by atoms with van der Waals surface area (Å²) in [4.78, 5) is 12.3. The first-order valence-electron chi connectivity index (χ1n) is 8.68. The van der Waals surface area contributed by atoms with Gasteiger partial charge in [0, 0.05) is 23.8 Å². The third-order valence-corrected chi connectivity index (χ3v) is 5.54. The third kappa shape index (κ3) is 4.26. The van der Waals surface area contributed by atoms with Crippen LogP contribution < -0.4 is 5.32 Å². The molecule has 0 saturated heterocycles. The van der Waals surface area contributed by atoms with Crippen LogP contribution >= 0.6 is 11.3 Å². The summed E-state index contributed by atoms with van der Waals surface area (Å²) < 4.78 is 5.59. The summed E-state index contributed by atoms with van der Waals surface area (Å²) in [5.41, 5.74) is 0.0938. The highest BCUT2D eigenvalue weighted by Crippen LogP contribution is 2.32. The minimum Gasteiger partial charge on any atom is -0.421 e. The molecule has 2 heterocycles. The molecule has 1 aliphatic carbocycles. The smallest absolute Gasteiger partial charge is 0.248 e. The Morgan fingerprint density at radius 2 is 2.24 bits per heavy atom. The maximum absolute atomic E-state index is 12.3. The number of nitrogens with zero attached hydrogens (tertiary/aromatic N) is 3. The number of aryl methyl sites for hydroxylation is 1. The molecule has 2 aromatic heterocycles. The van der Waals surface area contributed by atoms with Crippen molar-refractivity contribution in [1.82, 2.24) is 15.5 Å². The van der Waals surface area contributed by atoms with Gasteiger partial charge in [-0.05, 0) is 37.1 Å². The highest BCUT2D eigenvalue weighted by atomic mass is 32.1. The summed E-state index contributed by atoms with van der Waals surface area (Å²) in [6.45, 7) is 1.84. The summed E-state index contributed by atoms with van der Waals surface area (Å²) in [7, 11) is 0. The van der Waals surface area contributed by atoms with E-state index in [1.54, 1.807) is 11.3 Å². The van der Waals surface area contributed by atoms with E-state index in [1.165, 1.54) is 6.42 Å². The second-order valence-electron chi connectivity index (χ2n) is 6.71. The average molecular weight is 358 g/mol. The van der Waals surface area contributed by atoms with Crippen LogP contribution in [0.1, 0.15) is 51.3 Å². The van der Waals surface area contributed by atoms with Gasteiger partial charge >= 0.3 is 0 Å². The van der Waals surface area contributed by atoms with Crippen LogP contribution in [0, 0.1) is 17.2 Å². The van der Waals surface area contributed by atoms with Gasteiger partial charge in [-0.1, -0.05) is 19.3 Å². The minimum atomic E-state index is -0.797. The number of carbonyl (C=O) groups is 1. The number of nitrogens with one attached hydrogen (secondary N) is 1. The van der Waals surface area contributed by atoms with Crippen LogP contribution in [0.5, 0.6) is 0 Å². The molecular formula is C18H22N4O2S. The molecule has 0 bridgehead atoms. The highest BCUT2D eigenvalue weighted by Gasteiger charge is 2.36. The van der Waals surface area contributed by atoms with E-state index in [9.17, 15) is 10.1 Å².